The highest BCUT2D eigenvalue weighted by Crippen LogP contribution is 2.39. The maximum Gasteiger partial charge on any atom is 0.302 e. The second kappa shape index (κ2) is 5.05. The fourth-order valence-corrected chi connectivity index (χ4v) is 3.56. The molecule has 3 rings (SSSR count). The Kier molecular flexibility index (Phi) is 3.37. The van der Waals surface area contributed by atoms with Gasteiger partial charge >= 0.3 is 5.91 Å². The van der Waals surface area contributed by atoms with Gasteiger partial charge in [-0.15, -0.1) is 0 Å². The molecule has 6 nitrogen and oxygen atoms in total. The average molecular weight is 296 g/mol. The molecule has 20 heavy (non-hydrogen) atoms. The molecule has 0 spiro atoms. The van der Waals surface area contributed by atoms with Gasteiger partial charge in [0.1, 0.15) is 0 Å². The van der Waals surface area contributed by atoms with Gasteiger partial charge in [-0.1, -0.05) is 12.2 Å². The molecule has 1 unspecified atom stereocenters. The molecular formula is C13H16N2O4S. The highest BCUT2D eigenvalue weighted by Gasteiger charge is 2.31. The molecule has 1 aromatic heterocycles. The van der Waals surface area contributed by atoms with Crippen molar-refractivity contribution in [2.75, 3.05) is 0 Å². The Bertz CT molecular complexity index is 643. The highest BCUT2D eigenvalue weighted by atomic mass is 32.2. The molecule has 0 aromatic carbocycles. The lowest BCUT2D eigenvalue weighted by atomic mass is 10.1. The predicted molar refractivity (Wildman–Crippen MR) is 71.6 cm³/mol. The molecular weight excluding hydrogens is 280 g/mol. The van der Waals surface area contributed by atoms with E-state index >= 15 is 0 Å². The lowest BCUT2D eigenvalue weighted by molar-refractivity contribution is 0.0952. The maximum atomic E-state index is 12.1. The Morgan fingerprint density at radius 3 is 2.75 bits per heavy atom. The molecule has 1 atom stereocenters. The van der Waals surface area contributed by atoms with Crippen molar-refractivity contribution in [3.05, 3.63) is 30.0 Å². The zero-order valence-electron chi connectivity index (χ0n) is 10.9. The largest absolute Gasteiger partial charge is 0.435 e. The zero-order valence-corrected chi connectivity index (χ0v) is 11.7. The Morgan fingerprint density at radius 2 is 2.10 bits per heavy atom. The first-order valence-electron chi connectivity index (χ1n) is 6.73. The number of rotatable bonds is 4. The van der Waals surface area contributed by atoms with Gasteiger partial charge in [-0.2, -0.15) is 0 Å². The Morgan fingerprint density at radius 1 is 1.30 bits per heavy atom. The van der Waals surface area contributed by atoms with Crippen LogP contribution < -0.4 is 4.72 Å². The van der Waals surface area contributed by atoms with Crippen molar-refractivity contribution in [3.8, 4) is 0 Å². The van der Waals surface area contributed by atoms with Crippen LogP contribution in [0.5, 0.6) is 0 Å². The molecule has 2 aliphatic carbocycles. The number of hydrogen-bond acceptors (Lipinski definition) is 5. The van der Waals surface area contributed by atoms with Gasteiger partial charge in [0.2, 0.25) is 15.8 Å². The van der Waals surface area contributed by atoms with Gasteiger partial charge in [-0.3, -0.25) is 4.79 Å². The molecule has 0 aliphatic heterocycles. The van der Waals surface area contributed by atoms with Crippen LogP contribution in [-0.4, -0.2) is 24.6 Å². The van der Waals surface area contributed by atoms with E-state index in [0.717, 1.165) is 12.8 Å². The fraction of sp³-hybridized carbons (Fsp3) is 0.538. The van der Waals surface area contributed by atoms with Crippen LogP contribution in [0.3, 0.4) is 0 Å². The van der Waals surface area contributed by atoms with Gasteiger partial charge < -0.3 is 4.42 Å². The van der Waals surface area contributed by atoms with E-state index in [9.17, 15) is 13.2 Å². The summed E-state index contributed by atoms with van der Waals surface area (Å²) < 4.78 is 31.6. The number of carbonyl (C=O) groups is 1. The minimum absolute atomic E-state index is 0.0400. The lowest BCUT2D eigenvalue weighted by Gasteiger charge is -2.18. The number of amides is 1. The van der Waals surface area contributed by atoms with Crippen LogP contribution >= 0.6 is 0 Å². The van der Waals surface area contributed by atoms with Gasteiger partial charge in [0.15, 0.2) is 5.89 Å². The summed E-state index contributed by atoms with van der Waals surface area (Å²) >= 11 is 0. The maximum absolute atomic E-state index is 12.1. The summed E-state index contributed by atoms with van der Waals surface area (Å²) in [6, 6.07) is 0. The minimum Gasteiger partial charge on any atom is -0.435 e. The number of sulfonamides is 1. The van der Waals surface area contributed by atoms with Crippen molar-refractivity contribution >= 4 is 15.9 Å². The van der Waals surface area contributed by atoms with E-state index in [1.807, 2.05) is 12.2 Å². The molecule has 1 aromatic rings. The van der Waals surface area contributed by atoms with Crippen molar-refractivity contribution in [1.82, 2.24) is 9.71 Å². The molecule has 0 saturated heterocycles. The number of nitrogens with one attached hydrogen (secondary N) is 1. The molecule has 1 amide bonds. The van der Waals surface area contributed by atoms with Crippen LogP contribution in [0, 0.1) is 0 Å². The normalized spacial score (nSPS) is 22.7. The Balaban J connectivity index is 1.69. The van der Waals surface area contributed by atoms with Gasteiger partial charge in [0, 0.05) is 5.92 Å². The molecule has 1 N–H and O–H groups in total. The number of hydrogen-bond donors (Lipinski definition) is 1. The van der Waals surface area contributed by atoms with Crippen LogP contribution in [0.4, 0.5) is 0 Å². The van der Waals surface area contributed by atoms with Crippen molar-refractivity contribution in [2.45, 2.75) is 43.3 Å². The molecule has 108 valence electrons. The minimum atomic E-state index is -3.66. The third kappa shape index (κ3) is 2.77. The topological polar surface area (TPSA) is 89.3 Å². The molecule has 2 aliphatic rings. The van der Waals surface area contributed by atoms with Crippen molar-refractivity contribution < 1.29 is 17.6 Å². The molecule has 1 saturated carbocycles. The molecule has 7 heteroatoms. The first-order chi connectivity index (χ1) is 9.56. The highest BCUT2D eigenvalue weighted by molar-refractivity contribution is 7.90. The van der Waals surface area contributed by atoms with E-state index in [1.54, 1.807) is 0 Å². The van der Waals surface area contributed by atoms with Gasteiger partial charge in [-0.05, 0) is 32.1 Å². The third-order valence-electron chi connectivity index (χ3n) is 3.57. The number of carbonyl (C=O) groups excluding carboxylic acids is 1. The second-order valence-electron chi connectivity index (χ2n) is 5.22. The summed E-state index contributed by atoms with van der Waals surface area (Å²) in [7, 11) is -3.66. The van der Waals surface area contributed by atoms with Gasteiger partial charge in [0.05, 0.1) is 11.4 Å². The van der Waals surface area contributed by atoms with Crippen LogP contribution in [0.1, 0.15) is 54.5 Å². The van der Waals surface area contributed by atoms with Crippen LogP contribution in [0.25, 0.3) is 0 Å². The summed E-state index contributed by atoms with van der Waals surface area (Å²) in [5, 5.41) is -0.553. The number of aromatic nitrogens is 1. The summed E-state index contributed by atoms with van der Waals surface area (Å²) in [6.07, 6.45) is 8.77. The van der Waals surface area contributed by atoms with Crippen molar-refractivity contribution in [1.29, 1.82) is 0 Å². The summed E-state index contributed by atoms with van der Waals surface area (Å²) in [6.45, 7) is 0. The number of nitrogens with zero attached hydrogens (tertiary/aromatic N) is 1. The van der Waals surface area contributed by atoms with Crippen LogP contribution in [0.2, 0.25) is 0 Å². The molecule has 1 fully saturated rings. The van der Waals surface area contributed by atoms with E-state index in [0.29, 0.717) is 25.2 Å². The van der Waals surface area contributed by atoms with E-state index < -0.39 is 21.2 Å². The van der Waals surface area contributed by atoms with Crippen LogP contribution in [-0.2, 0) is 10.0 Å². The SMILES string of the molecule is O=C(NS(=O)(=O)C1CC=CCC1)c1cnc(C2CC2)o1. The Hall–Kier alpha value is -1.63. The van der Waals surface area contributed by atoms with E-state index in [2.05, 4.69) is 9.71 Å². The van der Waals surface area contributed by atoms with Gasteiger partial charge in [0.25, 0.3) is 0 Å². The predicted octanol–water partition coefficient (Wildman–Crippen LogP) is 1.72. The summed E-state index contributed by atoms with van der Waals surface area (Å²) in [5.41, 5.74) is 0. The van der Waals surface area contributed by atoms with E-state index in [1.165, 1.54) is 6.20 Å². The van der Waals surface area contributed by atoms with E-state index in [-0.39, 0.29) is 11.7 Å². The first-order valence-corrected chi connectivity index (χ1v) is 8.27. The lowest BCUT2D eigenvalue weighted by Crippen LogP contribution is -2.38. The number of allylic oxidation sites excluding steroid dienone is 2. The fourth-order valence-electron chi connectivity index (χ4n) is 2.22. The van der Waals surface area contributed by atoms with Gasteiger partial charge in [-0.25, -0.2) is 18.1 Å². The first kappa shape index (κ1) is 13.4. The summed E-state index contributed by atoms with van der Waals surface area (Å²) in [5.74, 6) is 0.0329. The molecule has 1 heterocycles. The average Bonchev–Trinajstić information content (AvgIpc) is 3.17. The third-order valence-corrected chi connectivity index (χ3v) is 5.34. The second-order valence-corrected chi connectivity index (χ2v) is 7.18. The smallest absolute Gasteiger partial charge is 0.302 e. The molecule has 0 bridgehead atoms. The van der Waals surface area contributed by atoms with Crippen molar-refractivity contribution in [2.24, 2.45) is 0 Å². The zero-order chi connectivity index (χ0) is 14.2. The Labute approximate surface area is 117 Å². The van der Waals surface area contributed by atoms with Crippen molar-refractivity contribution in [3.63, 3.8) is 0 Å². The van der Waals surface area contributed by atoms with Crippen LogP contribution in [0.15, 0.2) is 22.8 Å². The standard InChI is InChI=1S/C13H16N2O4S/c16-12(11-8-14-13(19-11)9-6-7-9)15-20(17,18)10-4-2-1-3-5-10/h1-2,8-10H,3-7H2,(H,15,16). The monoisotopic (exact) mass is 296 g/mol. The number of oxazole rings is 1. The summed E-state index contributed by atoms with van der Waals surface area (Å²) in [4.78, 5) is 15.9. The van der Waals surface area contributed by atoms with E-state index in [4.69, 9.17) is 4.42 Å². The quantitative estimate of drug-likeness (QED) is 0.854. The molecule has 0 radical (unpaired) electrons.